The average Bonchev–Trinajstić information content (AvgIpc) is 2.46. The SMILES string of the molecule is CS(=O)(=O)N1CCCC(NC(=O)CC=Cc2cccc(F)c2)C1. The molecule has 1 amide bonds. The Kier molecular flexibility index (Phi) is 5.90. The molecule has 0 aromatic heterocycles. The molecular formula is C16H21FN2O3S. The van der Waals surface area contributed by atoms with Crippen LogP contribution in [0.1, 0.15) is 24.8 Å². The van der Waals surface area contributed by atoms with Crippen molar-refractivity contribution in [3.05, 3.63) is 41.7 Å². The van der Waals surface area contributed by atoms with E-state index in [2.05, 4.69) is 5.32 Å². The zero-order chi connectivity index (χ0) is 16.9. The van der Waals surface area contributed by atoms with E-state index in [1.54, 1.807) is 24.3 Å². The van der Waals surface area contributed by atoms with Crippen molar-refractivity contribution in [2.75, 3.05) is 19.3 Å². The second-order valence-corrected chi connectivity index (χ2v) is 7.67. The number of hydrogen-bond donors (Lipinski definition) is 1. The first kappa shape index (κ1) is 17.6. The van der Waals surface area contributed by atoms with E-state index in [-0.39, 0.29) is 24.2 Å². The molecule has 0 radical (unpaired) electrons. The van der Waals surface area contributed by atoms with Crippen LogP contribution in [0.5, 0.6) is 0 Å². The van der Waals surface area contributed by atoms with Gasteiger partial charge in [-0.05, 0) is 30.5 Å². The van der Waals surface area contributed by atoms with Crippen molar-refractivity contribution in [1.82, 2.24) is 9.62 Å². The van der Waals surface area contributed by atoms with Gasteiger partial charge in [-0.3, -0.25) is 4.79 Å². The maximum atomic E-state index is 13.0. The number of carbonyl (C=O) groups is 1. The molecule has 1 aliphatic rings. The number of benzene rings is 1. The highest BCUT2D eigenvalue weighted by molar-refractivity contribution is 7.88. The third kappa shape index (κ3) is 5.76. The van der Waals surface area contributed by atoms with Crippen molar-refractivity contribution in [2.45, 2.75) is 25.3 Å². The zero-order valence-corrected chi connectivity index (χ0v) is 13.9. The molecule has 0 aliphatic carbocycles. The summed E-state index contributed by atoms with van der Waals surface area (Å²) in [5, 5.41) is 2.85. The maximum absolute atomic E-state index is 13.0. The lowest BCUT2D eigenvalue weighted by Crippen LogP contribution is -2.49. The monoisotopic (exact) mass is 340 g/mol. The van der Waals surface area contributed by atoms with E-state index in [9.17, 15) is 17.6 Å². The Hall–Kier alpha value is -1.73. The molecule has 1 aromatic rings. The largest absolute Gasteiger partial charge is 0.352 e. The lowest BCUT2D eigenvalue weighted by molar-refractivity contribution is -0.121. The maximum Gasteiger partial charge on any atom is 0.224 e. The summed E-state index contributed by atoms with van der Waals surface area (Å²) in [5.74, 6) is -0.488. The molecule has 1 N–H and O–H groups in total. The quantitative estimate of drug-likeness (QED) is 0.888. The summed E-state index contributed by atoms with van der Waals surface area (Å²) in [6.07, 6.45) is 6.21. The summed E-state index contributed by atoms with van der Waals surface area (Å²) in [6, 6.07) is 5.95. The minimum Gasteiger partial charge on any atom is -0.352 e. The van der Waals surface area contributed by atoms with Crippen molar-refractivity contribution < 1.29 is 17.6 Å². The van der Waals surface area contributed by atoms with Crippen molar-refractivity contribution in [3.8, 4) is 0 Å². The van der Waals surface area contributed by atoms with Crippen LogP contribution >= 0.6 is 0 Å². The molecule has 1 atom stereocenters. The van der Waals surface area contributed by atoms with Crippen LogP contribution < -0.4 is 5.32 Å². The number of rotatable bonds is 5. The van der Waals surface area contributed by atoms with E-state index in [1.807, 2.05) is 0 Å². The molecule has 1 aliphatic heterocycles. The Bertz CT molecular complexity index is 688. The summed E-state index contributed by atoms with van der Waals surface area (Å²) in [6.45, 7) is 0.822. The van der Waals surface area contributed by atoms with Gasteiger partial charge < -0.3 is 5.32 Å². The van der Waals surface area contributed by atoms with Gasteiger partial charge in [0, 0.05) is 25.6 Å². The molecule has 2 rings (SSSR count). The molecule has 0 spiro atoms. The summed E-state index contributed by atoms with van der Waals surface area (Å²) in [5.41, 5.74) is 0.693. The standard InChI is InChI=1S/C16H21FN2O3S/c1-23(21,22)19-10-4-8-15(12-19)18-16(20)9-3-6-13-5-2-7-14(17)11-13/h2-3,5-7,11,15H,4,8-10,12H2,1H3,(H,18,20). The first-order valence-corrected chi connectivity index (χ1v) is 9.36. The summed E-state index contributed by atoms with van der Waals surface area (Å²) in [7, 11) is -3.22. The molecule has 1 aromatic carbocycles. The highest BCUT2D eigenvalue weighted by Gasteiger charge is 2.26. The zero-order valence-electron chi connectivity index (χ0n) is 13.0. The molecule has 7 heteroatoms. The van der Waals surface area contributed by atoms with Crippen molar-refractivity contribution >= 4 is 22.0 Å². The Labute approximate surface area is 136 Å². The van der Waals surface area contributed by atoms with Gasteiger partial charge in [0.1, 0.15) is 5.82 Å². The third-order valence-corrected chi connectivity index (χ3v) is 4.95. The number of piperidine rings is 1. The smallest absolute Gasteiger partial charge is 0.224 e. The second kappa shape index (κ2) is 7.70. The number of nitrogens with zero attached hydrogens (tertiary/aromatic N) is 1. The van der Waals surface area contributed by atoms with E-state index in [0.717, 1.165) is 12.8 Å². The van der Waals surface area contributed by atoms with E-state index >= 15 is 0 Å². The van der Waals surface area contributed by atoms with Gasteiger partial charge in [-0.1, -0.05) is 24.3 Å². The van der Waals surface area contributed by atoms with E-state index in [1.165, 1.54) is 22.7 Å². The summed E-state index contributed by atoms with van der Waals surface area (Å²) >= 11 is 0. The number of nitrogens with one attached hydrogen (secondary N) is 1. The van der Waals surface area contributed by atoms with Crippen LogP contribution in [0.15, 0.2) is 30.3 Å². The van der Waals surface area contributed by atoms with Gasteiger partial charge in [0.05, 0.1) is 6.26 Å². The molecule has 1 unspecified atom stereocenters. The Balaban J connectivity index is 1.83. The second-order valence-electron chi connectivity index (χ2n) is 5.69. The minimum absolute atomic E-state index is 0.159. The van der Waals surface area contributed by atoms with Crippen LogP contribution in [0.2, 0.25) is 0 Å². The van der Waals surface area contributed by atoms with Gasteiger partial charge in [-0.15, -0.1) is 0 Å². The molecule has 0 bridgehead atoms. The molecule has 1 heterocycles. The van der Waals surface area contributed by atoms with Gasteiger partial charge >= 0.3 is 0 Å². The fraction of sp³-hybridized carbons (Fsp3) is 0.438. The highest BCUT2D eigenvalue weighted by atomic mass is 32.2. The van der Waals surface area contributed by atoms with Crippen molar-refractivity contribution in [3.63, 3.8) is 0 Å². The number of sulfonamides is 1. The van der Waals surface area contributed by atoms with Gasteiger partial charge in [0.15, 0.2) is 0 Å². The third-order valence-electron chi connectivity index (χ3n) is 3.68. The minimum atomic E-state index is -3.22. The molecule has 1 saturated heterocycles. The summed E-state index contributed by atoms with van der Waals surface area (Å²) < 4.78 is 37.5. The fourth-order valence-electron chi connectivity index (χ4n) is 2.56. The lowest BCUT2D eigenvalue weighted by atomic mass is 10.1. The number of halogens is 1. The normalized spacial score (nSPS) is 19.8. The predicted molar refractivity (Wildman–Crippen MR) is 87.6 cm³/mol. The topological polar surface area (TPSA) is 66.5 Å². The number of amides is 1. The van der Waals surface area contributed by atoms with E-state index in [4.69, 9.17) is 0 Å². The van der Waals surface area contributed by atoms with Crippen molar-refractivity contribution in [1.29, 1.82) is 0 Å². The lowest BCUT2D eigenvalue weighted by Gasteiger charge is -2.31. The molecule has 5 nitrogen and oxygen atoms in total. The van der Waals surface area contributed by atoms with Crippen LogP contribution in [0.25, 0.3) is 6.08 Å². The number of carbonyl (C=O) groups excluding carboxylic acids is 1. The van der Waals surface area contributed by atoms with Gasteiger partial charge in [0.2, 0.25) is 15.9 Å². The van der Waals surface area contributed by atoms with Crippen molar-refractivity contribution in [2.24, 2.45) is 0 Å². The predicted octanol–water partition coefficient (Wildman–Crippen LogP) is 1.77. The van der Waals surface area contributed by atoms with Crippen LogP contribution in [-0.2, 0) is 14.8 Å². The Morgan fingerprint density at radius 1 is 1.48 bits per heavy atom. The molecule has 0 saturated carbocycles. The van der Waals surface area contributed by atoms with Crippen LogP contribution in [0.3, 0.4) is 0 Å². The first-order valence-electron chi connectivity index (χ1n) is 7.51. The van der Waals surface area contributed by atoms with Crippen LogP contribution in [0, 0.1) is 5.82 Å². The number of hydrogen-bond acceptors (Lipinski definition) is 3. The Morgan fingerprint density at radius 2 is 2.26 bits per heavy atom. The van der Waals surface area contributed by atoms with Crippen LogP contribution in [-0.4, -0.2) is 44.0 Å². The molecular weight excluding hydrogens is 319 g/mol. The summed E-state index contributed by atoms with van der Waals surface area (Å²) in [4.78, 5) is 11.9. The molecule has 1 fully saturated rings. The van der Waals surface area contributed by atoms with E-state index < -0.39 is 10.0 Å². The molecule has 23 heavy (non-hydrogen) atoms. The van der Waals surface area contributed by atoms with E-state index in [0.29, 0.717) is 18.7 Å². The van der Waals surface area contributed by atoms with Gasteiger partial charge in [0.25, 0.3) is 0 Å². The average molecular weight is 340 g/mol. The molecule has 126 valence electrons. The highest BCUT2D eigenvalue weighted by Crippen LogP contribution is 2.13. The first-order chi connectivity index (χ1) is 10.8. The van der Waals surface area contributed by atoms with Gasteiger partial charge in [-0.2, -0.15) is 0 Å². The van der Waals surface area contributed by atoms with Crippen LogP contribution in [0.4, 0.5) is 4.39 Å². The van der Waals surface area contributed by atoms with Gasteiger partial charge in [-0.25, -0.2) is 17.1 Å². The Morgan fingerprint density at radius 3 is 2.96 bits per heavy atom. The fourth-order valence-corrected chi connectivity index (χ4v) is 3.47.